The molecule has 1 aliphatic rings. The Morgan fingerprint density at radius 1 is 1.14 bits per heavy atom. The Labute approximate surface area is 177 Å². The number of piperazine rings is 1. The number of rotatable bonds is 7. The second-order valence-corrected chi connectivity index (χ2v) is 7.27. The third-order valence-corrected chi connectivity index (χ3v) is 5.11. The van der Waals surface area contributed by atoms with Crippen molar-refractivity contribution in [3.63, 3.8) is 0 Å². The van der Waals surface area contributed by atoms with Crippen LogP contribution in [-0.2, 0) is 4.79 Å². The summed E-state index contributed by atoms with van der Waals surface area (Å²) >= 11 is 6.35. The van der Waals surface area contributed by atoms with E-state index in [1.54, 1.807) is 25.3 Å². The Balaban J connectivity index is 1.61. The fraction of sp³-hybridized carbons (Fsp3) is 0.348. The minimum absolute atomic E-state index is 0.000824. The van der Waals surface area contributed by atoms with Crippen LogP contribution in [0.15, 0.2) is 48.5 Å². The van der Waals surface area contributed by atoms with Crippen LogP contribution in [0.25, 0.3) is 6.08 Å². The van der Waals surface area contributed by atoms with Crippen molar-refractivity contribution < 1.29 is 14.3 Å². The van der Waals surface area contributed by atoms with Crippen LogP contribution < -0.4 is 14.4 Å². The summed E-state index contributed by atoms with van der Waals surface area (Å²) in [7, 11) is 1.58. The average molecular weight is 415 g/mol. The predicted molar refractivity (Wildman–Crippen MR) is 118 cm³/mol. The molecule has 0 aromatic heterocycles. The van der Waals surface area contributed by atoms with Gasteiger partial charge in [0.05, 0.1) is 18.7 Å². The van der Waals surface area contributed by atoms with E-state index in [0.717, 1.165) is 25.1 Å². The number of anilines is 1. The Morgan fingerprint density at radius 3 is 2.52 bits per heavy atom. The first kappa shape index (κ1) is 21.1. The molecule has 3 rings (SSSR count). The van der Waals surface area contributed by atoms with Gasteiger partial charge < -0.3 is 19.3 Å². The van der Waals surface area contributed by atoms with Crippen molar-refractivity contribution in [1.82, 2.24) is 4.90 Å². The summed E-state index contributed by atoms with van der Waals surface area (Å²) in [5.74, 6) is 1.10. The first-order valence-corrected chi connectivity index (χ1v) is 10.3. The number of hydrogen-bond donors (Lipinski definition) is 0. The van der Waals surface area contributed by atoms with Crippen molar-refractivity contribution in [3.05, 3.63) is 59.1 Å². The number of hydrogen-bond acceptors (Lipinski definition) is 4. The number of carbonyl (C=O) groups excluding carboxylic acids is 1. The summed E-state index contributed by atoms with van der Waals surface area (Å²) in [5.41, 5.74) is 1.99. The van der Waals surface area contributed by atoms with Gasteiger partial charge in [0, 0.05) is 37.9 Å². The minimum atomic E-state index is -0.000824. The second-order valence-electron chi connectivity index (χ2n) is 6.86. The molecule has 1 fully saturated rings. The van der Waals surface area contributed by atoms with E-state index in [9.17, 15) is 4.79 Å². The van der Waals surface area contributed by atoms with Crippen molar-refractivity contribution >= 4 is 29.3 Å². The maximum absolute atomic E-state index is 12.6. The van der Waals surface area contributed by atoms with Gasteiger partial charge >= 0.3 is 0 Å². The van der Waals surface area contributed by atoms with Crippen LogP contribution >= 0.6 is 11.6 Å². The number of halogens is 1. The predicted octanol–water partition coefficient (Wildman–Crippen LogP) is 4.50. The van der Waals surface area contributed by atoms with Crippen LogP contribution in [0.2, 0.25) is 5.02 Å². The lowest BCUT2D eigenvalue weighted by Crippen LogP contribution is -2.48. The molecule has 0 N–H and O–H groups in total. The largest absolute Gasteiger partial charge is 0.493 e. The summed E-state index contributed by atoms with van der Waals surface area (Å²) < 4.78 is 11.1. The monoisotopic (exact) mass is 414 g/mol. The zero-order chi connectivity index (χ0) is 20.6. The Kier molecular flexibility index (Phi) is 7.42. The van der Waals surface area contributed by atoms with Gasteiger partial charge in [0.1, 0.15) is 0 Å². The fourth-order valence-corrected chi connectivity index (χ4v) is 3.55. The lowest BCUT2D eigenvalue weighted by Gasteiger charge is -2.35. The summed E-state index contributed by atoms with van der Waals surface area (Å²) in [5, 5.41) is 0.473. The van der Waals surface area contributed by atoms with E-state index in [1.807, 2.05) is 36.1 Å². The van der Waals surface area contributed by atoms with Crippen LogP contribution in [0.4, 0.5) is 5.69 Å². The van der Waals surface area contributed by atoms with Gasteiger partial charge in [0.15, 0.2) is 11.5 Å². The molecule has 5 nitrogen and oxygen atoms in total. The van der Waals surface area contributed by atoms with Gasteiger partial charge in [-0.25, -0.2) is 0 Å². The highest BCUT2D eigenvalue weighted by molar-refractivity contribution is 6.32. The number of para-hydroxylation sites is 1. The molecule has 6 heteroatoms. The normalized spacial score (nSPS) is 14.3. The molecule has 0 atom stereocenters. The number of carbonyl (C=O) groups is 1. The van der Waals surface area contributed by atoms with Gasteiger partial charge in [-0.2, -0.15) is 0 Å². The molecule has 0 bridgehead atoms. The molecule has 2 aromatic carbocycles. The minimum Gasteiger partial charge on any atom is -0.493 e. The molecule has 1 heterocycles. The quantitative estimate of drug-likeness (QED) is 0.625. The lowest BCUT2D eigenvalue weighted by molar-refractivity contribution is -0.126. The molecule has 0 aliphatic carbocycles. The molecule has 154 valence electrons. The standard InChI is InChI=1S/C23H27ClN2O3/c1-3-15-29-23-20(24)16-18(17-21(23)28-2)9-10-22(27)26-13-11-25(12-14-26)19-7-5-4-6-8-19/h4-10,16-17H,3,11-15H2,1-2H3. The number of methoxy groups -OCH3 is 1. The first-order valence-electron chi connectivity index (χ1n) is 9.89. The highest BCUT2D eigenvalue weighted by atomic mass is 35.5. The Bertz CT molecular complexity index is 847. The van der Waals surface area contributed by atoms with Gasteiger partial charge in [-0.3, -0.25) is 4.79 Å². The topological polar surface area (TPSA) is 42.0 Å². The van der Waals surface area contributed by atoms with Crippen molar-refractivity contribution in [3.8, 4) is 11.5 Å². The smallest absolute Gasteiger partial charge is 0.246 e. The SMILES string of the molecule is CCCOc1c(Cl)cc(C=CC(=O)N2CCN(c3ccccc3)CC2)cc1OC. The molecule has 0 spiro atoms. The third kappa shape index (κ3) is 5.45. The number of benzene rings is 2. The van der Waals surface area contributed by atoms with E-state index in [2.05, 4.69) is 17.0 Å². The zero-order valence-electron chi connectivity index (χ0n) is 16.9. The highest BCUT2D eigenvalue weighted by Crippen LogP contribution is 2.36. The number of amides is 1. The van der Waals surface area contributed by atoms with Gasteiger partial charge in [-0.05, 0) is 42.3 Å². The van der Waals surface area contributed by atoms with Crippen molar-refractivity contribution in [2.24, 2.45) is 0 Å². The molecule has 1 amide bonds. The molecule has 1 aliphatic heterocycles. The summed E-state index contributed by atoms with van der Waals surface area (Å²) in [6.45, 7) is 5.65. The summed E-state index contributed by atoms with van der Waals surface area (Å²) in [6.07, 6.45) is 4.24. The van der Waals surface area contributed by atoms with E-state index in [-0.39, 0.29) is 5.91 Å². The Morgan fingerprint density at radius 2 is 1.86 bits per heavy atom. The highest BCUT2D eigenvalue weighted by Gasteiger charge is 2.19. The van der Waals surface area contributed by atoms with Crippen LogP contribution in [0, 0.1) is 0 Å². The van der Waals surface area contributed by atoms with Crippen LogP contribution in [0.5, 0.6) is 11.5 Å². The zero-order valence-corrected chi connectivity index (χ0v) is 17.7. The average Bonchev–Trinajstić information content (AvgIpc) is 2.77. The maximum Gasteiger partial charge on any atom is 0.246 e. The van der Waals surface area contributed by atoms with E-state index in [1.165, 1.54) is 5.69 Å². The van der Waals surface area contributed by atoms with E-state index >= 15 is 0 Å². The summed E-state index contributed by atoms with van der Waals surface area (Å²) in [4.78, 5) is 16.8. The maximum atomic E-state index is 12.6. The van der Waals surface area contributed by atoms with Crippen molar-refractivity contribution in [2.75, 3.05) is 44.8 Å². The van der Waals surface area contributed by atoms with Gasteiger partial charge in [0.2, 0.25) is 5.91 Å². The van der Waals surface area contributed by atoms with E-state index in [4.69, 9.17) is 21.1 Å². The second kappa shape index (κ2) is 10.2. The van der Waals surface area contributed by atoms with Gasteiger partial charge in [-0.15, -0.1) is 0 Å². The molecular formula is C23H27ClN2O3. The van der Waals surface area contributed by atoms with Crippen molar-refractivity contribution in [1.29, 1.82) is 0 Å². The third-order valence-electron chi connectivity index (χ3n) is 4.83. The Hall–Kier alpha value is -2.66. The lowest BCUT2D eigenvalue weighted by atomic mass is 10.1. The van der Waals surface area contributed by atoms with Crippen LogP contribution in [0.3, 0.4) is 0 Å². The fourth-order valence-electron chi connectivity index (χ4n) is 3.28. The first-order chi connectivity index (χ1) is 14.1. The molecule has 0 radical (unpaired) electrons. The summed E-state index contributed by atoms with van der Waals surface area (Å²) in [6, 6.07) is 13.9. The number of nitrogens with zero attached hydrogens (tertiary/aromatic N) is 2. The van der Waals surface area contributed by atoms with Crippen LogP contribution in [0.1, 0.15) is 18.9 Å². The molecule has 0 unspecified atom stereocenters. The van der Waals surface area contributed by atoms with E-state index < -0.39 is 0 Å². The van der Waals surface area contributed by atoms with Gasteiger partial charge in [-0.1, -0.05) is 36.7 Å². The van der Waals surface area contributed by atoms with Gasteiger partial charge in [0.25, 0.3) is 0 Å². The molecule has 1 saturated heterocycles. The molecule has 2 aromatic rings. The van der Waals surface area contributed by atoms with Crippen molar-refractivity contribution in [2.45, 2.75) is 13.3 Å². The molecular weight excluding hydrogens is 388 g/mol. The molecule has 29 heavy (non-hydrogen) atoms. The van der Waals surface area contributed by atoms with Crippen LogP contribution in [-0.4, -0.2) is 50.7 Å². The van der Waals surface area contributed by atoms with E-state index in [0.29, 0.717) is 36.2 Å². The molecule has 0 saturated carbocycles. The number of ether oxygens (including phenoxy) is 2.